The summed E-state index contributed by atoms with van der Waals surface area (Å²) in [5.74, 6) is -3.05. The summed E-state index contributed by atoms with van der Waals surface area (Å²) in [5.41, 5.74) is 1.28. The number of aromatic nitrogens is 5. The first-order chi connectivity index (χ1) is 14.9. The van der Waals surface area contributed by atoms with Gasteiger partial charge in [-0.15, -0.1) is 5.10 Å². The Morgan fingerprint density at radius 1 is 1.10 bits per heavy atom. The van der Waals surface area contributed by atoms with Gasteiger partial charge in [0.15, 0.2) is 17.5 Å². The molecule has 1 aromatic carbocycles. The van der Waals surface area contributed by atoms with Gasteiger partial charge in [0.05, 0.1) is 17.6 Å². The van der Waals surface area contributed by atoms with Crippen LogP contribution < -0.4 is 5.32 Å². The van der Waals surface area contributed by atoms with E-state index in [1.165, 1.54) is 6.07 Å². The monoisotopic (exact) mass is 428 g/mol. The third-order valence-electron chi connectivity index (χ3n) is 7.20. The summed E-state index contributed by atoms with van der Waals surface area (Å²) >= 11 is 0. The highest BCUT2D eigenvalue weighted by atomic mass is 19.2. The fraction of sp³-hybridized carbons (Fsp3) is 0.500. The van der Waals surface area contributed by atoms with E-state index in [0.717, 1.165) is 43.9 Å². The summed E-state index contributed by atoms with van der Waals surface area (Å²) < 4.78 is 45.8. The highest BCUT2D eigenvalue weighted by Gasteiger charge is 2.69. The van der Waals surface area contributed by atoms with Crippen molar-refractivity contribution < 1.29 is 13.2 Å². The Balaban J connectivity index is 1.25. The number of imidazole rings is 1. The first kappa shape index (κ1) is 18.9. The lowest BCUT2D eigenvalue weighted by Crippen LogP contribution is -2.75. The molecule has 2 bridgehead atoms. The van der Waals surface area contributed by atoms with Gasteiger partial charge < -0.3 is 9.88 Å². The summed E-state index contributed by atoms with van der Waals surface area (Å²) in [4.78, 5) is 9.03. The molecule has 1 aliphatic heterocycles. The Hall–Kier alpha value is -2.84. The third-order valence-corrected chi connectivity index (χ3v) is 7.20. The van der Waals surface area contributed by atoms with Gasteiger partial charge in [-0.05, 0) is 45.1 Å². The number of nitrogens with zero attached hydrogens (tertiary/aromatic N) is 5. The van der Waals surface area contributed by atoms with Crippen LogP contribution in [0.1, 0.15) is 61.5 Å². The van der Waals surface area contributed by atoms with Gasteiger partial charge in [-0.3, -0.25) is 0 Å². The predicted molar refractivity (Wildman–Crippen MR) is 107 cm³/mol. The molecule has 4 aliphatic rings. The largest absolute Gasteiger partial charge is 0.347 e. The first-order valence-corrected chi connectivity index (χ1v) is 10.8. The Labute approximate surface area is 177 Å². The lowest BCUT2D eigenvalue weighted by atomic mass is 9.44. The van der Waals surface area contributed by atoms with E-state index in [-0.39, 0.29) is 16.6 Å². The standard InChI is InChI=1S/C22H23F3N6/c1-13-8-30(12-26-13)22-9-21(10-22,11-22)28-20-27-19-15(4-2-3-7-31(19)29-20)14-5-6-16(23)18(25)17(14)24/h5-6,8,12,15H,2-4,7,9-11H2,1H3,(H,28,29)/t15-,21?,22?/m1/s1. The molecule has 3 fully saturated rings. The van der Waals surface area contributed by atoms with Crippen LogP contribution in [0.5, 0.6) is 0 Å². The van der Waals surface area contributed by atoms with Crippen LogP contribution in [0.25, 0.3) is 0 Å². The Morgan fingerprint density at radius 3 is 2.65 bits per heavy atom. The summed E-state index contributed by atoms with van der Waals surface area (Å²) in [6, 6.07) is 2.31. The number of hydrogen-bond donors (Lipinski definition) is 1. The van der Waals surface area contributed by atoms with Crippen molar-refractivity contribution in [2.75, 3.05) is 5.32 Å². The Bertz CT molecular complexity index is 1160. The molecule has 3 aliphatic carbocycles. The van der Waals surface area contributed by atoms with E-state index in [2.05, 4.69) is 26.2 Å². The minimum absolute atomic E-state index is 0.0194. The SMILES string of the molecule is Cc1cn(C23CC(Nc4nc5n(n4)CCCC[C@@H]5c4ccc(F)c(F)c4F)(C2)C3)cn1. The average molecular weight is 428 g/mol. The highest BCUT2D eigenvalue weighted by molar-refractivity contribution is 5.42. The van der Waals surface area contributed by atoms with Crippen molar-refractivity contribution in [3.63, 3.8) is 0 Å². The van der Waals surface area contributed by atoms with Gasteiger partial charge in [0.1, 0.15) is 5.82 Å². The number of hydrogen-bond acceptors (Lipinski definition) is 4. The molecule has 3 heterocycles. The van der Waals surface area contributed by atoms with Crippen LogP contribution in [0.2, 0.25) is 0 Å². The second-order valence-electron chi connectivity index (χ2n) is 9.41. The van der Waals surface area contributed by atoms with Gasteiger partial charge in [-0.1, -0.05) is 12.5 Å². The smallest absolute Gasteiger partial charge is 0.242 e. The number of nitrogens with one attached hydrogen (secondary N) is 1. The molecule has 1 atom stereocenters. The van der Waals surface area contributed by atoms with Gasteiger partial charge >= 0.3 is 0 Å². The van der Waals surface area contributed by atoms with Gasteiger partial charge in [0.25, 0.3) is 0 Å². The third kappa shape index (κ3) is 2.74. The minimum atomic E-state index is -1.43. The van der Waals surface area contributed by atoms with Crippen molar-refractivity contribution in [1.82, 2.24) is 24.3 Å². The molecule has 2 aromatic heterocycles. The zero-order valence-corrected chi connectivity index (χ0v) is 17.2. The summed E-state index contributed by atoms with van der Waals surface area (Å²) in [5, 5.41) is 8.13. The van der Waals surface area contributed by atoms with Crippen LogP contribution in [-0.4, -0.2) is 29.9 Å². The molecule has 0 spiro atoms. The molecule has 3 aromatic rings. The second-order valence-corrected chi connectivity index (χ2v) is 9.41. The van der Waals surface area contributed by atoms with Crippen molar-refractivity contribution in [2.24, 2.45) is 0 Å². The minimum Gasteiger partial charge on any atom is -0.347 e. The normalized spacial score (nSPS) is 29.0. The molecule has 0 saturated heterocycles. The lowest BCUT2D eigenvalue weighted by molar-refractivity contribution is -0.100. The fourth-order valence-electron chi connectivity index (χ4n) is 5.73. The van der Waals surface area contributed by atoms with Gasteiger partial charge in [-0.25, -0.2) is 22.8 Å². The lowest BCUT2D eigenvalue weighted by Gasteiger charge is -2.70. The van der Waals surface area contributed by atoms with Gasteiger partial charge in [0.2, 0.25) is 5.95 Å². The van der Waals surface area contributed by atoms with E-state index >= 15 is 0 Å². The van der Waals surface area contributed by atoms with Crippen molar-refractivity contribution in [3.05, 3.63) is 59.2 Å². The molecule has 0 radical (unpaired) electrons. The van der Waals surface area contributed by atoms with E-state index < -0.39 is 23.4 Å². The summed E-state index contributed by atoms with van der Waals surface area (Å²) in [6.07, 6.45) is 9.29. The molecule has 162 valence electrons. The zero-order chi connectivity index (χ0) is 21.4. The molecule has 1 N–H and O–H groups in total. The fourth-order valence-corrected chi connectivity index (χ4v) is 5.73. The number of fused-ring (bicyclic) bond motifs is 1. The zero-order valence-electron chi connectivity index (χ0n) is 17.2. The second kappa shape index (κ2) is 6.34. The van der Waals surface area contributed by atoms with E-state index in [1.807, 2.05) is 13.3 Å². The highest BCUT2D eigenvalue weighted by Crippen LogP contribution is 2.66. The van der Waals surface area contributed by atoms with Crippen LogP contribution in [0, 0.1) is 24.4 Å². The van der Waals surface area contributed by atoms with E-state index in [9.17, 15) is 13.2 Å². The summed E-state index contributed by atoms with van der Waals surface area (Å²) in [6.45, 7) is 2.67. The molecule has 3 saturated carbocycles. The van der Waals surface area contributed by atoms with Crippen LogP contribution in [0.4, 0.5) is 19.1 Å². The topological polar surface area (TPSA) is 60.6 Å². The van der Waals surface area contributed by atoms with Crippen LogP contribution in [-0.2, 0) is 12.1 Å². The van der Waals surface area contributed by atoms with E-state index in [0.29, 0.717) is 24.7 Å². The van der Waals surface area contributed by atoms with Crippen LogP contribution in [0.3, 0.4) is 0 Å². The Morgan fingerprint density at radius 2 is 1.90 bits per heavy atom. The van der Waals surface area contributed by atoms with Crippen molar-refractivity contribution in [3.8, 4) is 0 Å². The molecule has 6 nitrogen and oxygen atoms in total. The molecular formula is C22H23F3N6. The van der Waals surface area contributed by atoms with E-state index in [1.54, 1.807) is 4.68 Å². The number of halogens is 3. The number of anilines is 1. The first-order valence-electron chi connectivity index (χ1n) is 10.8. The maximum Gasteiger partial charge on any atom is 0.242 e. The van der Waals surface area contributed by atoms with E-state index in [4.69, 9.17) is 4.98 Å². The van der Waals surface area contributed by atoms with Crippen molar-refractivity contribution >= 4 is 5.95 Å². The molecule has 9 heteroatoms. The molecule has 31 heavy (non-hydrogen) atoms. The van der Waals surface area contributed by atoms with Crippen molar-refractivity contribution in [2.45, 2.75) is 69.0 Å². The van der Waals surface area contributed by atoms with Crippen LogP contribution in [0.15, 0.2) is 24.7 Å². The Kier molecular flexibility index (Phi) is 3.86. The molecule has 0 amide bonds. The number of benzene rings is 1. The summed E-state index contributed by atoms with van der Waals surface area (Å²) in [7, 11) is 0. The number of aryl methyl sites for hydroxylation is 2. The molecule has 7 rings (SSSR count). The average Bonchev–Trinajstić information content (AvgIpc) is 3.24. The van der Waals surface area contributed by atoms with Crippen molar-refractivity contribution in [1.29, 1.82) is 0 Å². The number of rotatable bonds is 4. The van der Waals surface area contributed by atoms with Gasteiger partial charge in [-0.2, -0.15) is 4.98 Å². The predicted octanol–water partition coefficient (Wildman–Crippen LogP) is 4.26. The maximum atomic E-state index is 14.5. The molecular weight excluding hydrogens is 405 g/mol. The quantitative estimate of drug-likeness (QED) is 0.631. The van der Waals surface area contributed by atoms with Gasteiger partial charge in [0, 0.05) is 29.8 Å². The van der Waals surface area contributed by atoms with Crippen LogP contribution >= 0.6 is 0 Å². The maximum absolute atomic E-state index is 14.5. The molecule has 0 unspecified atom stereocenters.